The average molecular weight is 1200 g/mol. The Kier molecular flexibility index (Phi) is 26.1. The molecule has 0 saturated carbocycles. The number of alkyl halides is 2. The van der Waals surface area contributed by atoms with E-state index in [-0.39, 0.29) is 74.9 Å². The molecular formula is C63H64F2N6Ni2O9+2. The molecule has 432 valence electrons. The van der Waals surface area contributed by atoms with Gasteiger partial charge < -0.3 is 35.2 Å². The Morgan fingerprint density at radius 3 is 1.27 bits per heavy atom. The molecule has 8 rings (SSSR count). The summed E-state index contributed by atoms with van der Waals surface area (Å²) in [5, 5.41) is 28.6. The molecule has 2 aliphatic rings. The summed E-state index contributed by atoms with van der Waals surface area (Å²) in [6, 6.07) is 47.5. The molecule has 2 heterocycles. The topological polar surface area (TPSA) is 212 Å². The van der Waals surface area contributed by atoms with Crippen molar-refractivity contribution in [2.75, 3.05) is 19.7 Å². The molecule has 82 heavy (non-hydrogen) atoms. The number of amides is 2. The maximum absolute atomic E-state index is 14.6. The molecule has 6 aromatic carbocycles. The maximum Gasteiger partial charge on any atom is 2.00 e. The van der Waals surface area contributed by atoms with E-state index in [2.05, 4.69) is 30.4 Å². The van der Waals surface area contributed by atoms with Gasteiger partial charge in [0.1, 0.15) is 0 Å². The summed E-state index contributed by atoms with van der Waals surface area (Å²) in [6.07, 6.45) is -2.25. The normalized spacial score (nSPS) is 16.8. The van der Waals surface area contributed by atoms with Gasteiger partial charge in [0.05, 0.1) is 41.9 Å². The van der Waals surface area contributed by atoms with E-state index in [1.807, 2.05) is 66.7 Å². The summed E-state index contributed by atoms with van der Waals surface area (Å²) in [7, 11) is 0. The van der Waals surface area contributed by atoms with Crippen LogP contribution in [0.3, 0.4) is 0 Å². The van der Waals surface area contributed by atoms with Gasteiger partial charge in [0.15, 0.2) is 30.2 Å². The van der Waals surface area contributed by atoms with E-state index in [1.165, 1.54) is 0 Å². The average Bonchev–Trinajstić information content (AvgIpc) is 4.18. The molecular weight excluding hydrogens is 1140 g/mol. The van der Waals surface area contributed by atoms with E-state index in [4.69, 9.17) is 4.74 Å². The van der Waals surface area contributed by atoms with E-state index < -0.39 is 61.0 Å². The van der Waals surface area contributed by atoms with Crippen molar-refractivity contribution in [1.29, 1.82) is 0 Å². The number of aliphatic carboxylic acids is 2. The van der Waals surface area contributed by atoms with Gasteiger partial charge in [0.2, 0.25) is 0 Å². The Labute approximate surface area is 496 Å². The van der Waals surface area contributed by atoms with Crippen molar-refractivity contribution < 1.29 is 85.5 Å². The van der Waals surface area contributed by atoms with Crippen molar-refractivity contribution in [3.8, 4) is 0 Å². The SMILES string of the molecule is CC(=O)C([18F])CC(N=C(c1ccccc1)c1ccccc1[N-]C(=O)C1CCCN1Cc1ccccc1)C(=O)O.CCOC(=O)C([18F])CC(N=C(c1ccccc1)c1ccccc1[N-]C(=O)C1CCCN1Cc1ccccc1)C(=O)O.[Ni+2].[Ni+2]. The Morgan fingerprint density at radius 1 is 0.549 bits per heavy atom. The third kappa shape index (κ3) is 18.5. The number of carbonyl (C=O) groups is 6. The van der Waals surface area contributed by atoms with Gasteiger partial charge in [-0.25, -0.2) is 23.2 Å². The number of ether oxygens (including phenoxy) is 1. The number of para-hydroxylation sites is 2. The number of hydrogen-bond acceptors (Lipinski definition) is 11. The molecule has 2 fully saturated rings. The van der Waals surface area contributed by atoms with Crippen molar-refractivity contribution in [1.82, 2.24) is 9.80 Å². The second kappa shape index (κ2) is 32.8. The molecule has 19 heteroatoms. The zero-order chi connectivity index (χ0) is 57.0. The number of aliphatic imine (C=N–C) groups is 2. The summed E-state index contributed by atoms with van der Waals surface area (Å²) in [5.41, 5.74) is 5.43. The van der Waals surface area contributed by atoms with Gasteiger partial charge in [0.25, 0.3) is 0 Å². The quantitative estimate of drug-likeness (QED) is 0.0350. The molecule has 15 nitrogen and oxygen atoms in total. The van der Waals surface area contributed by atoms with E-state index in [0.717, 1.165) is 44.0 Å². The predicted molar refractivity (Wildman–Crippen MR) is 302 cm³/mol. The zero-order valence-electron chi connectivity index (χ0n) is 45.2. The molecule has 0 aliphatic carbocycles. The number of Topliss-reactive ketones (excluding diaryl/α,β-unsaturated/α-hetero) is 1. The molecule has 2 amide bonds. The van der Waals surface area contributed by atoms with Crippen LogP contribution in [0.4, 0.5) is 20.2 Å². The number of rotatable bonds is 23. The van der Waals surface area contributed by atoms with Crippen LogP contribution in [-0.2, 0) is 79.6 Å². The number of hydrogen-bond donors (Lipinski definition) is 2. The first-order valence-corrected chi connectivity index (χ1v) is 26.6. The summed E-state index contributed by atoms with van der Waals surface area (Å²) >= 11 is 0. The van der Waals surface area contributed by atoms with Gasteiger partial charge in [-0.3, -0.25) is 24.6 Å². The van der Waals surface area contributed by atoms with E-state index in [1.54, 1.807) is 110 Å². The fraction of sp³-hybridized carbons (Fsp3) is 0.302. The Hall–Kier alpha value is -7.55. The molecule has 0 bridgehead atoms. The van der Waals surface area contributed by atoms with Crippen molar-refractivity contribution >= 4 is 58.3 Å². The number of esters is 1. The molecule has 6 unspecified atom stereocenters. The number of carbonyl (C=O) groups excluding carboxylic acids is 4. The minimum Gasteiger partial charge on any atom is -0.625 e. The first kappa shape index (κ1) is 65.3. The van der Waals surface area contributed by atoms with Crippen molar-refractivity contribution in [2.24, 2.45) is 9.98 Å². The molecule has 2 N–H and O–H groups in total. The van der Waals surface area contributed by atoms with Crippen LogP contribution in [0.25, 0.3) is 10.6 Å². The monoisotopic (exact) mass is 1200 g/mol. The molecule has 2 aliphatic heterocycles. The van der Waals surface area contributed by atoms with Crippen LogP contribution in [0.2, 0.25) is 0 Å². The first-order valence-electron chi connectivity index (χ1n) is 26.6. The van der Waals surface area contributed by atoms with Gasteiger partial charge in [-0.1, -0.05) is 170 Å². The molecule has 2 saturated heterocycles. The second-order valence-electron chi connectivity index (χ2n) is 19.3. The number of ketones is 1. The van der Waals surface area contributed by atoms with Gasteiger partial charge in [-0.05, 0) is 74.9 Å². The van der Waals surface area contributed by atoms with E-state index >= 15 is 0 Å². The first-order chi connectivity index (χ1) is 38.7. The molecule has 0 spiro atoms. The van der Waals surface area contributed by atoms with Crippen LogP contribution in [0, 0.1) is 0 Å². The zero-order valence-corrected chi connectivity index (χ0v) is 47.2. The summed E-state index contributed by atoms with van der Waals surface area (Å²) in [5.74, 6) is -5.19. The third-order valence-corrected chi connectivity index (χ3v) is 13.6. The number of nitrogens with zero attached hydrogens (tertiary/aromatic N) is 6. The molecule has 6 atom stereocenters. The van der Waals surface area contributed by atoms with Crippen molar-refractivity contribution in [3.63, 3.8) is 0 Å². The Balaban J connectivity index is 0.000000294. The molecule has 6 aromatic rings. The van der Waals surface area contributed by atoms with Crippen LogP contribution >= 0.6 is 0 Å². The van der Waals surface area contributed by atoms with Gasteiger partial charge in [0, 0.05) is 37.1 Å². The Bertz CT molecular complexity index is 3130. The summed E-state index contributed by atoms with van der Waals surface area (Å²) in [4.78, 5) is 87.5. The van der Waals surface area contributed by atoms with Crippen LogP contribution in [0.15, 0.2) is 180 Å². The standard InChI is InChI=1S/C32H34FN3O5.C31H32FN3O4.2Ni/c1-2-41-32(40)25(33)20-27(31(38)39)34-29(23-14-7-4-8-15-23)24-16-9-10-17-26(24)35-30(37)28-18-11-19-36(28)21-22-12-5-3-6-13-22;1-21(36)25(32)19-27(31(38)39)33-29(23-13-6-3-7-14-23)24-15-8-9-16-26(24)34-30(37)28-17-10-18-35(28)20-22-11-4-2-5-12-22;;/h3-10,12-17,25,27-28H,2,11,18-21H2,1H3,(H2,34,35,37,38,39);2-9,11-16,25,27-28H,10,17-20H2,1H3,(H2,33,34,37,38,39);;/q;;2*+2/p-2/i33-1;32-1;;. The second-order valence-corrected chi connectivity index (χ2v) is 19.3. The van der Waals surface area contributed by atoms with Gasteiger partial charge in [-0.2, -0.15) is 0 Å². The van der Waals surface area contributed by atoms with Crippen LogP contribution < -0.4 is 0 Å². The van der Waals surface area contributed by atoms with Crippen molar-refractivity contribution in [2.45, 2.75) is 102 Å². The Morgan fingerprint density at radius 2 is 0.902 bits per heavy atom. The van der Waals surface area contributed by atoms with Gasteiger partial charge >= 0.3 is 50.9 Å². The number of likely N-dealkylation sites (tertiary alicyclic amines) is 2. The third-order valence-electron chi connectivity index (χ3n) is 13.6. The number of carboxylic acids is 2. The maximum atomic E-state index is 14.6. The van der Waals surface area contributed by atoms with Gasteiger partial charge in [-0.15, -0.1) is 11.4 Å². The van der Waals surface area contributed by atoms with Crippen LogP contribution in [-0.4, -0.2) is 123 Å². The molecule has 0 aromatic heterocycles. The number of benzene rings is 6. The van der Waals surface area contributed by atoms with E-state index in [0.29, 0.717) is 59.6 Å². The summed E-state index contributed by atoms with van der Waals surface area (Å²) in [6.45, 7) is 5.45. The van der Waals surface area contributed by atoms with E-state index in [9.17, 15) is 47.8 Å². The van der Waals surface area contributed by atoms with Crippen molar-refractivity contribution in [3.05, 3.63) is 214 Å². The van der Waals surface area contributed by atoms with Crippen LogP contribution in [0.5, 0.6) is 0 Å². The minimum absolute atomic E-state index is 0. The minimum atomic E-state index is -2.16. The largest absolute Gasteiger partial charge is 2.00 e. The number of halogens is 2. The fourth-order valence-corrected chi connectivity index (χ4v) is 9.56. The molecule has 0 radical (unpaired) electrons. The smallest absolute Gasteiger partial charge is 0.625 e. The predicted octanol–water partition coefficient (Wildman–Crippen LogP) is 11.0. The fourth-order valence-electron chi connectivity index (χ4n) is 9.56. The number of carboxylic acid groups (broad SMARTS) is 2. The van der Waals surface area contributed by atoms with Crippen LogP contribution in [0.1, 0.15) is 85.8 Å². The summed E-state index contributed by atoms with van der Waals surface area (Å²) < 4.78 is 33.6.